The van der Waals surface area contributed by atoms with Crippen molar-refractivity contribution in [3.8, 4) is 5.75 Å². The molecule has 1 atom stereocenters. The molecule has 0 amide bonds. The van der Waals surface area contributed by atoms with E-state index in [4.69, 9.17) is 10.2 Å². The number of rotatable bonds is 2. The maximum absolute atomic E-state index is 12.3. The van der Waals surface area contributed by atoms with Crippen LogP contribution in [0.5, 0.6) is 5.75 Å². The number of hydrogen-bond acceptors (Lipinski definition) is 2. The van der Waals surface area contributed by atoms with E-state index >= 15 is 0 Å². The van der Waals surface area contributed by atoms with E-state index in [1.54, 1.807) is 0 Å². The Balaban J connectivity index is 3.23. The van der Waals surface area contributed by atoms with Crippen molar-refractivity contribution < 1.29 is 28.2 Å². The fourth-order valence-electron chi connectivity index (χ4n) is 1.18. The minimum Gasteiger partial charge on any atom is -0.508 e. The van der Waals surface area contributed by atoms with Gasteiger partial charge in [0, 0.05) is 5.56 Å². The van der Waals surface area contributed by atoms with E-state index in [2.05, 4.69) is 0 Å². The number of carboxylic acids is 1. The number of benzene rings is 1. The first-order valence-corrected chi connectivity index (χ1v) is 3.91. The maximum Gasteiger partial charge on any atom is 0.406 e. The molecule has 3 nitrogen and oxygen atoms in total. The predicted molar refractivity (Wildman–Crippen MR) is 44.5 cm³/mol. The minimum absolute atomic E-state index is 0.655. The number of phenolic OH excluding ortho intramolecular Hbond substituents is 1. The van der Waals surface area contributed by atoms with Gasteiger partial charge in [-0.3, -0.25) is 4.79 Å². The van der Waals surface area contributed by atoms with Gasteiger partial charge in [0.15, 0.2) is 5.92 Å². The molecule has 0 fully saturated rings. The summed E-state index contributed by atoms with van der Waals surface area (Å²) in [5.41, 5.74) is -0.655. The van der Waals surface area contributed by atoms with Crippen molar-refractivity contribution in [1.82, 2.24) is 0 Å². The molecule has 0 radical (unpaired) electrons. The molecule has 0 saturated carbocycles. The molecule has 1 rings (SSSR count). The normalized spacial score (nSPS) is 13.5. The molecule has 82 valence electrons. The second-order valence-electron chi connectivity index (χ2n) is 2.87. The van der Waals surface area contributed by atoms with Crippen LogP contribution < -0.4 is 0 Å². The molecule has 15 heavy (non-hydrogen) atoms. The van der Waals surface area contributed by atoms with Crippen LogP contribution in [0.1, 0.15) is 11.5 Å². The summed E-state index contributed by atoms with van der Waals surface area (Å²) in [5.74, 6) is -5.41. The van der Waals surface area contributed by atoms with Crippen molar-refractivity contribution in [2.24, 2.45) is 0 Å². The molecule has 0 saturated heterocycles. The van der Waals surface area contributed by atoms with Crippen molar-refractivity contribution in [3.05, 3.63) is 29.8 Å². The summed E-state index contributed by atoms with van der Waals surface area (Å²) < 4.78 is 37.0. The van der Waals surface area contributed by atoms with Gasteiger partial charge in [0.2, 0.25) is 0 Å². The predicted octanol–water partition coefficient (Wildman–Crippen LogP) is 2.12. The number of aliphatic carboxylic acids is 1. The molecule has 0 aromatic heterocycles. The Morgan fingerprint density at radius 2 is 1.80 bits per heavy atom. The summed E-state index contributed by atoms with van der Waals surface area (Å²) in [6.07, 6.45) is -4.93. The molecule has 0 spiro atoms. The number of para-hydroxylation sites is 1. The van der Waals surface area contributed by atoms with Crippen molar-refractivity contribution >= 4 is 5.97 Å². The zero-order chi connectivity index (χ0) is 11.6. The van der Waals surface area contributed by atoms with Gasteiger partial charge in [0.05, 0.1) is 0 Å². The summed E-state index contributed by atoms with van der Waals surface area (Å²) >= 11 is 0. The third-order valence-corrected chi connectivity index (χ3v) is 1.82. The molecule has 0 bridgehead atoms. The smallest absolute Gasteiger partial charge is 0.406 e. The molecule has 6 heteroatoms. The van der Waals surface area contributed by atoms with Gasteiger partial charge in [-0.05, 0) is 6.07 Å². The highest BCUT2D eigenvalue weighted by atomic mass is 19.4. The number of carboxylic acid groups (broad SMARTS) is 1. The molecular weight excluding hydrogens is 213 g/mol. The third kappa shape index (κ3) is 2.39. The molecule has 1 unspecified atom stereocenters. The van der Waals surface area contributed by atoms with Crippen LogP contribution in [0.4, 0.5) is 13.2 Å². The van der Waals surface area contributed by atoms with Crippen LogP contribution in [0.2, 0.25) is 0 Å². The van der Waals surface area contributed by atoms with E-state index in [0.29, 0.717) is 0 Å². The Kier molecular flexibility index (Phi) is 2.88. The summed E-state index contributed by atoms with van der Waals surface area (Å²) in [6, 6.07) is 4.49. The Morgan fingerprint density at radius 1 is 1.27 bits per heavy atom. The number of carbonyl (C=O) groups is 1. The largest absolute Gasteiger partial charge is 0.508 e. The second kappa shape index (κ2) is 3.80. The van der Waals surface area contributed by atoms with Gasteiger partial charge in [-0.25, -0.2) is 0 Å². The van der Waals surface area contributed by atoms with Crippen LogP contribution in [-0.2, 0) is 4.79 Å². The molecule has 0 heterocycles. The third-order valence-electron chi connectivity index (χ3n) is 1.82. The topological polar surface area (TPSA) is 57.5 Å². The lowest BCUT2D eigenvalue weighted by Crippen LogP contribution is -2.28. The van der Waals surface area contributed by atoms with Crippen molar-refractivity contribution in [3.63, 3.8) is 0 Å². The highest BCUT2D eigenvalue weighted by Gasteiger charge is 2.47. The summed E-state index contributed by atoms with van der Waals surface area (Å²) in [5, 5.41) is 17.6. The van der Waals surface area contributed by atoms with Crippen LogP contribution in [0.25, 0.3) is 0 Å². The first kappa shape index (κ1) is 11.4. The zero-order valence-corrected chi connectivity index (χ0v) is 7.32. The zero-order valence-electron chi connectivity index (χ0n) is 7.32. The average Bonchev–Trinajstić information content (AvgIpc) is 2.05. The molecular formula is C9H7F3O3. The molecule has 2 N–H and O–H groups in total. The van der Waals surface area contributed by atoms with Crippen LogP contribution in [0.15, 0.2) is 24.3 Å². The Morgan fingerprint density at radius 3 is 2.20 bits per heavy atom. The molecule has 0 aliphatic rings. The van der Waals surface area contributed by atoms with E-state index < -0.39 is 29.4 Å². The fourth-order valence-corrected chi connectivity index (χ4v) is 1.18. The van der Waals surface area contributed by atoms with E-state index in [1.165, 1.54) is 12.1 Å². The van der Waals surface area contributed by atoms with Gasteiger partial charge in [-0.15, -0.1) is 0 Å². The lowest BCUT2D eigenvalue weighted by molar-refractivity contribution is -0.176. The second-order valence-corrected chi connectivity index (χ2v) is 2.87. The number of phenols is 1. The van der Waals surface area contributed by atoms with E-state index in [-0.39, 0.29) is 0 Å². The lowest BCUT2D eigenvalue weighted by atomic mass is 9.98. The molecule has 0 aliphatic carbocycles. The Hall–Kier alpha value is -1.72. The van der Waals surface area contributed by atoms with E-state index in [0.717, 1.165) is 12.1 Å². The maximum atomic E-state index is 12.3. The van der Waals surface area contributed by atoms with Gasteiger partial charge in [0.1, 0.15) is 5.75 Å². The number of aromatic hydroxyl groups is 1. The van der Waals surface area contributed by atoms with Crippen molar-refractivity contribution in [1.29, 1.82) is 0 Å². The number of halogens is 3. The number of alkyl halides is 3. The summed E-state index contributed by atoms with van der Waals surface area (Å²) in [4.78, 5) is 10.5. The van der Waals surface area contributed by atoms with Gasteiger partial charge >= 0.3 is 12.1 Å². The lowest BCUT2D eigenvalue weighted by Gasteiger charge is -2.17. The van der Waals surface area contributed by atoms with Gasteiger partial charge < -0.3 is 10.2 Å². The molecule has 1 aromatic rings. The minimum atomic E-state index is -4.93. The fraction of sp³-hybridized carbons (Fsp3) is 0.222. The van der Waals surface area contributed by atoms with Gasteiger partial charge in [-0.2, -0.15) is 13.2 Å². The van der Waals surface area contributed by atoms with Crippen molar-refractivity contribution in [2.75, 3.05) is 0 Å². The van der Waals surface area contributed by atoms with E-state index in [9.17, 15) is 18.0 Å². The first-order valence-electron chi connectivity index (χ1n) is 3.91. The van der Waals surface area contributed by atoms with Crippen LogP contribution >= 0.6 is 0 Å². The highest BCUT2D eigenvalue weighted by molar-refractivity contribution is 5.78. The molecule has 0 aliphatic heterocycles. The first-order chi connectivity index (χ1) is 6.84. The standard InChI is InChI=1S/C9H7F3O3/c10-9(11,12)7(8(14)15)5-3-1-2-4-6(5)13/h1-4,7,13H,(H,14,15). The summed E-state index contributed by atoms with van der Waals surface area (Å²) in [6.45, 7) is 0. The van der Waals surface area contributed by atoms with E-state index in [1.807, 2.05) is 0 Å². The van der Waals surface area contributed by atoms with Gasteiger partial charge in [0.25, 0.3) is 0 Å². The van der Waals surface area contributed by atoms with Gasteiger partial charge in [-0.1, -0.05) is 18.2 Å². The Bertz CT molecular complexity index is 373. The van der Waals surface area contributed by atoms with Crippen LogP contribution in [0.3, 0.4) is 0 Å². The summed E-state index contributed by atoms with van der Waals surface area (Å²) in [7, 11) is 0. The molecule has 1 aromatic carbocycles. The highest BCUT2D eigenvalue weighted by Crippen LogP contribution is 2.38. The Labute approximate surface area is 82.8 Å². The number of hydrogen-bond donors (Lipinski definition) is 2. The van der Waals surface area contributed by atoms with Crippen LogP contribution in [0, 0.1) is 0 Å². The quantitative estimate of drug-likeness (QED) is 0.802. The SMILES string of the molecule is O=C(O)C(c1ccccc1O)C(F)(F)F. The average molecular weight is 220 g/mol. The van der Waals surface area contributed by atoms with Crippen LogP contribution in [-0.4, -0.2) is 22.4 Å². The van der Waals surface area contributed by atoms with Crippen molar-refractivity contribution in [2.45, 2.75) is 12.1 Å². The monoisotopic (exact) mass is 220 g/mol.